The van der Waals surface area contributed by atoms with E-state index in [1.54, 1.807) is 0 Å². The Morgan fingerprint density at radius 2 is 1.80 bits per heavy atom. The molecule has 0 aromatic carbocycles. The van der Waals surface area contributed by atoms with Crippen LogP contribution < -0.4 is 0 Å². The minimum Gasteiger partial charge on any atom is -0.385 e. The molecule has 2 heterocycles. The highest BCUT2D eigenvalue weighted by Gasteiger charge is 2.60. The summed E-state index contributed by atoms with van der Waals surface area (Å²) in [6.45, 7) is -1.20. The van der Waals surface area contributed by atoms with E-state index in [2.05, 4.69) is 13.1 Å². The number of ketones is 1. The summed E-state index contributed by atoms with van der Waals surface area (Å²) in [5.74, 6) is -1.51. The van der Waals surface area contributed by atoms with Crippen LogP contribution in [0.2, 0.25) is 0 Å². The lowest BCUT2D eigenvalue weighted by atomic mass is 10.1. The zero-order chi connectivity index (χ0) is 23.1. The number of hydrogen-bond acceptors (Lipinski definition) is 10. The van der Waals surface area contributed by atoms with E-state index in [4.69, 9.17) is 31.0 Å². The Kier molecular flexibility index (Phi) is 7.50. The maximum atomic E-state index is 14.7. The molecule has 1 saturated heterocycles. The molecular formula is C10H14ClFNO14P3. The van der Waals surface area contributed by atoms with Crippen molar-refractivity contribution in [1.82, 2.24) is 4.90 Å². The molecule has 2 unspecified atom stereocenters. The van der Waals surface area contributed by atoms with Gasteiger partial charge in [-0.2, -0.15) is 8.62 Å². The lowest BCUT2D eigenvalue weighted by molar-refractivity contribution is -0.147. The van der Waals surface area contributed by atoms with Gasteiger partial charge in [0, 0.05) is 6.20 Å². The Morgan fingerprint density at radius 3 is 2.33 bits per heavy atom. The molecule has 6 atom stereocenters. The van der Waals surface area contributed by atoms with Crippen molar-refractivity contribution in [2.75, 3.05) is 6.61 Å². The quantitative estimate of drug-likeness (QED) is 0.157. The Morgan fingerprint density at radius 1 is 1.20 bits per heavy atom. The standard InChI is InChI=1S/C10H14ClFNO14P3/c11-10(12)8(16)6(25-9(10)13-2-1-5(14)3-7(13)15)4-24-29(20,21)27-30(22,23)26-28(17,18)19/h1-2,6,8-9,16H,3-4H2,(H,20,21)(H,22,23)(H2,17,18,19)/t6-,8-,9-,10-/m1/s1. The van der Waals surface area contributed by atoms with Crippen molar-refractivity contribution in [3.63, 3.8) is 0 Å². The average Bonchev–Trinajstić information content (AvgIpc) is 2.73. The Bertz CT molecular complexity index is 889. The van der Waals surface area contributed by atoms with Crippen molar-refractivity contribution in [2.24, 2.45) is 0 Å². The molecule has 1 fully saturated rings. The van der Waals surface area contributed by atoms with Crippen molar-refractivity contribution in [3.05, 3.63) is 12.3 Å². The molecular weight excluding hydrogens is 505 g/mol. The Hall–Kier alpha value is -0.570. The zero-order valence-electron chi connectivity index (χ0n) is 14.3. The number of phosphoric ester groups is 1. The third-order valence-electron chi connectivity index (χ3n) is 3.48. The van der Waals surface area contributed by atoms with E-state index in [0.717, 1.165) is 12.3 Å². The normalized spacial score (nSPS) is 34.1. The second kappa shape index (κ2) is 8.75. The maximum Gasteiger partial charge on any atom is 0.490 e. The number of aliphatic hydroxyl groups excluding tert-OH is 1. The van der Waals surface area contributed by atoms with Gasteiger partial charge in [-0.3, -0.25) is 19.0 Å². The van der Waals surface area contributed by atoms with Crippen LogP contribution in [0.4, 0.5) is 4.39 Å². The predicted octanol–water partition coefficient (Wildman–Crippen LogP) is -0.365. The fraction of sp³-hybridized carbons (Fsp3) is 0.600. The van der Waals surface area contributed by atoms with Crippen LogP contribution in [0.3, 0.4) is 0 Å². The second-order valence-electron chi connectivity index (χ2n) is 5.79. The van der Waals surface area contributed by atoms with Gasteiger partial charge in [0.15, 0.2) is 12.0 Å². The summed E-state index contributed by atoms with van der Waals surface area (Å²) >= 11 is 5.58. The van der Waals surface area contributed by atoms with Crippen LogP contribution in [0.1, 0.15) is 6.42 Å². The monoisotopic (exact) mass is 519 g/mol. The maximum absolute atomic E-state index is 14.7. The molecule has 172 valence electrons. The highest BCUT2D eigenvalue weighted by atomic mass is 35.5. The van der Waals surface area contributed by atoms with Crippen LogP contribution in [0, 0.1) is 0 Å². The molecule has 2 rings (SSSR count). The van der Waals surface area contributed by atoms with Gasteiger partial charge < -0.3 is 29.4 Å². The zero-order valence-corrected chi connectivity index (χ0v) is 17.7. The van der Waals surface area contributed by atoms with Gasteiger partial charge in [-0.05, 0) is 6.08 Å². The van der Waals surface area contributed by atoms with Gasteiger partial charge in [-0.1, -0.05) is 11.6 Å². The van der Waals surface area contributed by atoms with E-state index in [1.165, 1.54) is 0 Å². The molecule has 2 aliphatic heterocycles. The van der Waals surface area contributed by atoms with Gasteiger partial charge >= 0.3 is 23.5 Å². The SMILES string of the molecule is O=C1C=CN([C@@H]2O[C@H](COP(=O)(O)OP(=O)(O)OP(=O)(O)O)[C@@H](O)[C@]2(F)Cl)C(=O)C1. The number of aliphatic hydroxyl groups is 1. The van der Waals surface area contributed by atoms with Crippen LogP contribution in [-0.4, -0.2) is 71.4 Å². The third kappa shape index (κ3) is 6.47. The summed E-state index contributed by atoms with van der Waals surface area (Å²) in [6.07, 6.45) is -4.95. The minimum absolute atomic E-state index is 0.572. The number of ether oxygens (including phenoxy) is 1. The van der Waals surface area contributed by atoms with Crippen molar-refractivity contribution < 1.29 is 70.2 Å². The third-order valence-corrected chi connectivity index (χ3v) is 7.70. The molecule has 0 aromatic heterocycles. The number of rotatable bonds is 8. The number of carbonyl (C=O) groups excluding carboxylic acids is 2. The highest BCUT2D eigenvalue weighted by molar-refractivity contribution is 7.66. The average molecular weight is 520 g/mol. The van der Waals surface area contributed by atoms with Gasteiger partial charge in [-0.25, -0.2) is 18.1 Å². The molecule has 2 aliphatic rings. The first-order valence-corrected chi connectivity index (χ1v) is 12.4. The van der Waals surface area contributed by atoms with Gasteiger partial charge in [0.2, 0.25) is 5.91 Å². The summed E-state index contributed by atoms with van der Waals surface area (Å²) in [5.41, 5.74) is 0. The number of hydrogen-bond donors (Lipinski definition) is 5. The fourth-order valence-corrected chi connectivity index (χ4v) is 5.66. The first-order valence-electron chi connectivity index (χ1n) is 7.45. The molecule has 0 aliphatic carbocycles. The molecule has 0 spiro atoms. The van der Waals surface area contributed by atoms with Gasteiger partial charge in [0.25, 0.3) is 5.13 Å². The lowest BCUT2D eigenvalue weighted by Gasteiger charge is -2.31. The summed E-state index contributed by atoms with van der Waals surface area (Å²) in [4.78, 5) is 58.9. The summed E-state index contributed by atoms with van der Waals surface area (Å²) in [7, 11) is -17.0. The van der Waals surface area contributed by atoms with E-state index in [9.17, 15) is 37.7 Å². The molecule has 20 heteroatoms. The number of alkyl halides is 2. The number of carbonyl (C=O) groups is 2. The first kappa shape index (κ1) is 25.7. The summed E-state index contributed by atoms with van der Waals surface area (Å²) < 4.78 is 64.4. The molecule has 30 heavy (non-hydrogen) atoms. The van der Waals surface area contributed by atoms with Crippen molar-refractivity contribution >= 4 is 46.8 Å². The van der Waals surface area contributed by atoms with Crippen LogP contribution in [0.15, 0.2) is 12.3 Å². The van der Waals surface area contributed by atoms with E-state index in [0.29, 0.717) is 4.90 Å². The van der Waals surface area contributed by atoms with Gasteiger partial charge in [0.1, 0.15) is 12.2 Å². The van der Waals surface area contributed by atoms with Gasteiger partial charge in [-0.15, -0.1) is 0 Å². The predicted molar refractivity (Wildman–Crippen MR) is 89.8 cm³/mol. The van der Waals surface area contributed by atoms with Crippen LogP contribution in [0.5, 0.6) is 0 Å². The smallest absolute Gasteiger partial charge is 0.385 e. The second-order valence-corrected chi connectivity index (χ2v) is 10.8. The number of amides is 1. The minimum atomic E-state index is -5.78. The van der Waals surface area contributed by atoms with Gasteiger partial charge in [0.05, 0.1) is 13.0 Å². The van der Waals surface area contributed by atoms with Crippen LogP contribution >= 0.6 is 35.1 Å². The van der Waals surface area contributed by atoms with E-state index < -0.39 is 71.7 Å². The largest absolute Gasteiger partial charge is 0.490 e. The molecule has 1 amide bonds. The topological polar surface area (TPSA) is 227 Å². The molecule has 0 saturated carbocycles. The fourth-order valence-electron chi connectivity index (χ4n) is 2.33. The van der Waals surface area contributed by atoms with Crippen LogP contribution in [-0.2, 0) is 41.2 Å². The highest BCUT2D eigenvalue weighted by Crippen LogP contribution is 2.66. The number of phosphoric acid groups is 3. The van der Waals surface area contributed by atoms with Crippen molar-refractivity contribution in [2.45, 2.75) is 30.0 Å². The van der Waals surface area contributed by atoms with E-state index in [-0.39, 0.29) is 0 Å². The molecule has 0 bridgehead atoms. The van der Waals surface area contributed by atoms with E-state index >= 15 is 0 Å². The number of halogens is 2. The molecule has 5 N–H and O–H groups in total. The Balaban J connectivity index is 2.07. The summed E-state index contributed by atoms with van der Waals surface area (Å²) in [5, 5.41) is 6.79. The Labute approximate surface area is 171 Å². The molecule has 15 nitrogen and oxygen atoms in total. The van der Waals surface area contributed by atoms with Crippen molar-refractivity contribution in [3.8, 4) is 0 Å². The van der Waals surface area contributed by atoms with Crippen molar-refractivity contribution in [1.29, 1.82) is 0 Å². The molecule has 0 aromatic rings. The lowest BCUT2D eigenvalue weighted by Crippen LogP contribution is -2.50. The number of allylic oxidation sites excluding steroid dienone is 1. The number of nitrogens with zero attached hydrogens (tertiary/aromatic N) is 1. The van der Waals surface area contributed by atoms with E-state index in [1.807, 2.05) is 0 Å². The first-order chi connectivity index (χ1) is 13.4. The molecule has 0 radical (unpaired) electrons. The van der Waals surface area contributed by atoms with Crippen LogP contribution in [0.25, 0.3) is 0 Å². The summed E-state index contributed by atoms with van der Waals surface area (Å²) in [6, 6.07) is 0.